The van der Waals surface area contributed by atoms with E-state index in [2.05, 4.69) is 5.32 Å². The molecule has 0 unspecified atom stereocenters. The minimum absolute atomic E-state index is 0.0285. The van der Waals surface area contributed by atoms with E-state index in [1.54, 1.807) is 0 Å². The van der Waals surface area contributed by atoms with E-state index >= 15 is 0 Å². The summed E-state index contributed by atoms with van der Waals surface area (Å²) >= 11 is 0. The normalized spacial score (nSPS) is 11.2. The fourth-order valence-electron chi connectivity index (χ4n) is 2.00. The van der Waals surface area contributed by atoms with Crippen LogP contribution < -0.4 is 5.32 Å². The van der Waals surface area contributed by atoms with Crippen molar-refractivity contribution in [1.29, 1.82) is 0 Å². The van der Waals surface area contributed by atoms with Crippen LogP contribution in [0.4, 0.5) is 17.6 Å². The van der Waals surface area contributed by atoms with Gasteiger partial charge >= 0.3 is 6.18 Å². The molecule has 0 atom stereocenters. The second-order valence-corrected chi connectivity index (χ2v) is 5.30. The fraction of sp³-hybridized carbons (Fsp3) is 0.500. The molecule has 0 aliphatic carbocycles. The summed E-state index contributed by atoms with van der Waals surface area (Å²) < 4.78 is 50.3. The van der Waals surface area contributed by atoms with Gasteiger partial charge in [0.05, 0.1) is 0 Å². The Kier molecular flexibility index (Phi) is 7.67. The van der Waals surface area contributed by atoms with Gasteiger partial charge in [-0.05, 0) is 30.7 Å². The highest BCUT2D eigenvalue weighted by atomic mass is 19.4. The van der Waals surface area contributed by atoms with Gasteiger partial charge in [0, 0.05) is 25.1 Å². The van der Waals surface area contributed by atoms with Crippen molar-refractivity contribution in [2.45, 2.75) is 32.4 Å². The Balaban J connectivity index is 2.49. The molecular weight excluding hydrogens is 328 g/mol. The number of unbranched alkanes of at least 4 members (excludes halogenated alkanes) is 1. The van der Waals surface area contributed by atoms with Gasteiger partial charge in [0.25, 0.3) is 5.91 Å². The molecule has 0 saturated carbocycles. The van der Waals surface area contributed by atoms with Crippen LogP contribution in [0.1, 0.15) is 36.5 Å². The Hall–Kier alpha value is -2.12. The number of rotatable bonds is 8. The maximum Gasteiger partial charge on any atom is 0.406 e. The third-order valence-corrected chi connectivity index (χ3v) is 3.24. The third-order valence-electron chi connectivity index (χ3n) is 3.24. The number of amides is 2. The number of nitrogens with one attached hydrogen (secondary N) is 1. The van der Waals surface area contributed by atoms with Crippen LogP contribution in [0.5, 0.6) is 0 Å². The Bertz CT molecular complexity index is 544. The van der Waals surface area contributed by atoms with E-state index in [9.17, 15) is 27.2 Å². The fourth-order valence-corrected chi connectivity index (χ4v) is 2.00. The van der Waals surface area contributed by atoms with Crippen molar-refractivity contribution in [2.24, 2.45) is 0 Å². The molecule has 2 amide bonds. The zero-order valence-electron chi connectivity index (χ0n) is 13.3. The molecule has 0 aliphatic heterocycles. The SMILES string of the molecule is CCCCN(CC(F)(F)F)C(=O)CCNC(=O)c1ccc(F)cc1. The predicted octanol–water partition coefficient (Wildman–Crippen LogP) is 3.14. The molecule has 4 nitrogen and oxygen atoms in total. The quantitative estimate of drug-likeness (QED) is 0.734. The number of hydrogen-bond donors (Lipinski definition) is 1. The highest BCUT2D eigenvalue weighted by molar-refractivity contribution is 5.94. The minimum Gasteiger partial charge on any atom is -0.352 e. The molecule has 1 aromatic carbocycles. The number of carbonyl (C=O) groups excluding carboxylic acids is 2. The number of alkyl halides is 3. The summed E-state index contributed by atoms with van der Waals surface area (Å²) in [5.41, 5.74) is 0.210. The number of carbonyl (C=O) groups is 2. The minimum atomic E-state index is -4.46. The van der Waals surface area contributed by atoms with Crippen molar-refractivity contribution in [2.75, 3.05) is 19.6 Å². The van der Waals surface area contributed by atoms with Crippen LogP contribution in [0, 0.1) is 5.82 Å². The lowest BCUT2D eigenvalue weighted by Crippen LogP contribution is -2.41. The van der Waals surface area contributed by atoms with E-state index in [1.807, 2.05) is 6.92 Å². The second kappa shape index (κ2) is 9.24. The van der Waals surface area contributed by atoms with Crippen molar-refractivity contribution in [3.63, 3.8) is 0 Å². The van der Waals surface area contributed by atoms with E-state index in [4.69, 9.17) is 0 Å². The molecule has 0 spiro atoms. The van der Waals surface area contributed by atoms with Crippen LogP contribution in [-0.2, 0) is 4.79 Å². The van der Waals surface area contributed by atoms with Crippen molar-refractivity contribution in [1.82, 2.24) is 10.2 Å². The van der Waals surface area contributed by atoms with Gasteiger partial charge in [-0.1, -0.05) is 13.3 Å². The standard InChI is InChI=1S/C16H20F4N2O2/c1-2-3-10-22(11-16(18,19)20)14(23)8-9-21-15(24)12-4-6-13(17)7-5-12/h4-7H,2-3,8-11H2,1H3,(H,21,24). The van der Waals surface area contributed by atoms with Gasteiger partial charge in [-0.25, -0.2) is 4.39 Å². The number of benzene rings is 1. The molecule has 0 bridgehead atoms. The molecule has 0 aliphatic rings. The van der Waals surface area contributed by atoms with Crippen LogP contribution in [0.15, 0.2) is 24.3 Å². The summed E-state index contributed by atoms with van der Waals surface area (Å²) in [4.78, 5) is 24.4. The Morgan fingerprint density at radius 3 is 2.33 bits per heavy atom. The number of nitrogens with zero attached hydrogens (tertiary/aromatic N) is 1. The zero-order valence-corrected chi connectivity index (χ0v) is 13.3. The Morgan fingerprint density at radius 2 is 1.79 bits per heavy atom. The van der Waals surface area contributed by atoms with Crippen LogP contribution in [0.2, 0.25) is 0 Å². The van der Waals surface area contributed by atoms with Crippen LogP contribution in [-0.4, -0.2) is 42.5 Å². The first-order chi connectivity index (χ1) is 11.2. The highest BCUT2D eigenvalue weighted by Gasteiger charge is 2.32. The average molecular weight is 348 g/mol. The Morgan fingerprint density at radius 1 is 1.17 bits per heavy atom. The van der Waals surface area contributed by atoms with Crippen molar-refractivity contribution < 1.29 is 27.2 Å². The molecular formula is C16H20F4N2O2. The Labute approximate surface area is 137 Å². The van der Waals surface area contributed by atoms with E-state index in [0.717, 1.165) is 17.0 Å². The maximum atomic E-state index is 12.8. The molecule has 1 rings (SSSR count). The van der Waals surface area contributed by atoms with Crippen molar-refractivity contribution in [3.05, 3.63) is 35.6 Å². The van der Waals surface area contributed by atoms with Gasteiger partial charge in [0.15, 0.2) is 0 Å². The molecule has 0 fully saturated rings. The second-order valence-electron chi connectivity index (χ2n) is 5.30. The largest absolute Gasteiger partial charge is 0.406 e. The van der Waals surface area contributed by atoms with E-state index in [-0.39, 0.29) is 25.1 Å². The molecule has 8 heteroatoms. The first-order valence-electron chi connectivity index (χ1n) is 7.61. The molecule has 0 aromatic heterocycles. The van der Waals surface area contributed by atoms with Crippen molar-refractivity contribution >= 4 is 11.8 Å². The highest BCUT2D eigenvalue weighted by Crippen LogP contribution is 2.17. The third kappa shape index (κ3) is 7.43. The first-order valence-corrected chi connectivity index (χ1v) is 7.61. The van der Waals surface area contributed by atoms with Crippen LogP contribution in [0.3, 0.4) is 0 Å². The summed E-state index contributed by atoms with van der Waals surface area (Å²) in [7, 11) is 0. The maximum absolute atomic E-state index is 12.8. The molecule has 134 valence electrons. The van der Waals surface area contributed by atoms with Gasteiger partial charge in [-0.2, -0.15) is 13.2 Å². The molecule has 0 radical (unpaired) electrons. The smallest absolute Gasteiger partial charge is 0.352 e. The van der Waals surface area contributed by atoms with Gasteiger partial charge in [-0.15, -0.1) is 0 Å². The van der Waals surface area contributed by atoms with Gasteiger partial charge in [-0.3, -0.25) is 9.59 Å². The lowest BCUT2D eigenvalue weighted by molar-refractivity contribution is -0.161. The van der Waals surface area contributed by atoms with Gasteiger partial charge < -0.3 is 10.2 Å². The molecule has 24 heavy (non-hydrogen) atoms. The molecule has 0 heterocycles. The monoisotopic (exact) mass is 348 g/mol. The van der Waals surface area contributed by atoms with Crippen molar-refractivity contribution in [3.8, 4) is 0 Å². The summed E-state index contributed by atoms with van der Waals surface area (Å²) in [5, 5.41) is 2.43. The van der Waals surface area contributed by atoms with Crippen LogP contribution >= 0.6 is 0 Å². The van der Waals surface area contributed by atoms with Crippen LogP contribution in [0.25, 0.3) is 0 Å². The first kappa shape index (κ1) is 19.9. The average Bonchev–Trinajstić information content (AvgIpc) is 2.50. The molecule has 1 aromatic rings. The lowest BCUT2D eigenvalue weighted by atomic mass is 10.2. The summed E-state index contributed by atoms with van der Waals surface area (Å²) in [5.74, 6) is -1.67. The summed E-state index contributed by atoms with van der Waals surface area (Å²) in [6.45, 7) is 0.465. The predicted molar refractivity (Wildman–Crippen MR) is 80.9 cm³/mol. The number of halogens is 4. The molecule has 0 saturated heterocycles. The zero-order chi connectivity index (χ0) is 18.2. The van der Waals surface area contributed by atoms with Gasteiger partial charge in [0.1, 0.15) is 12.4 Å². The van der Waals surface area contributed by atoms with E-state index in [1.165, 1.54) is 12.1 Å². The van der Waals surface area contributed by atoms with E-state index < -0.39 is 30.4 Å². The van der Waals surface area contributed by atoms with E-state index in [0.29, 0.717) is 12.8 Å². The number of hydrogen-bond acceptors (Lipinski definition) is 2. The topological polar surface area (TPSA) is 49.4 Å². The summed E-state index contributed by atoms with van der Waals surface area (Å²) in [6.07, 6.45) is -3.54. The van der Waals surface area contributed by atoms with Gasteiger partial charge in [0.2, 0.25) is 5.91 Å². The lowest BCUT2D eigenvalue weighted by Gasteiger charge is -2.24. The summed E-state index contributed by atoms with van der Waals surface area (Å²) in [6, 6.07) is 4.80. The molecule has 1 N–H and O–H groups in total.